The predicted octanol–water partition coefficient (Wildman–Crippen LogP) is 2.07. The maximum absolute atomic E-state index is 8.95. The second-order valence-electron chi connectivity index (χ2n) is 4.46. The zero-order chi connectivity index (χ0) is 11.9. The third-order valence-corrected chi connectivity index (χ3v) is 3.21. The van der Waals surface area contributed by atoms with Gasteiger partial charge in [0.25, 0.3) is 0 Å². The van der Waals surface area contributed by atoms with Crippen LogP contribution in [0.3, 0.4) is 0 Å². The minimum Gasteiger partial charge on any atom is -0.381 e. The number of hydrogen-bond donors (Lipinski definition) is 1. The second-order valence-corrected chi connectivity index (χ2v) is 4.46. The molecule has 1 heterocycles. The summed E-state index contributed by atoms with van der Waals surface area (Å²) >= 11 is 0. The van der Waals surface area contributed by atoms with Gasteiger partial charge in [0.15, 0.2) is 0 Å². The number of nitriles is 1. The topological polar surface area (TPSA) is 45.0 Å². The highest BCUT2D eigenvalue weighted by molar-refractivity contribution is 5.37. The molecule has 1 atom stereocenters. The van der Waals surface area contributed by atoms with Crippen molar-refractivity contribution in [1.29, 1.82) is 5.26 Å². The standard InChI is InChI=1S/C14H18N2O/c15-9-13-3-1-2-4-14(13)10-16-7-5-12-6-8-17-11-12/h1-4,12,16H,5-8,10-11H2. The van der Waals surface area contributed by atoms with Gasteiger partial charge in [-0.15, -0.1) is 0 Å². The Morgan fingerprint density at radius 2 is 2.29 bits per heavy atom. The number of rotatable bonds is 5. The molecular weight excluding hydrogens is 212 g/mol. The molecule has 0 amide bonds. The Bertz CT molecular complexity index is 391. The normalized spacial score (nSPS) is 19.1. The van der Waals surface area contributed by atoms with Gasteiger partial charge in [0.1, 0.15) is 0 Å². The molecule has 0 saturated carbocycles. The van der Waals surface area contributed by atoms with Crippen molar-refractivity contribution in [2.24, 2.45) is 5.92 Å². The number of ether oxygens (including phenoxy) is 1. The molecule has 1 N–H and O–H groups in total. The first-order valence-electron chi connectivity index (χ1n) is 6.16. The molecule has 0 aromatic heterocycles. The fourth-order valence-electron chi connectivity index (χ4n) is 2.12. The first-order valence-corrected chi connectivity index (χ1v) is 6.16. The number of nitrogens with one attached hydrogen (secondary N) is 1. The van der Waals surface area contributed by atoms with E-state index in [2.05, 4.69) is 11.4 Å². The summed E-state index contributed by atoms with van der Waals surface area (Å²) in [4.78, 5) is 0. The predicted molar refractivity (Wildman–Crippen MR) is 66.4 cm³/mol. The first kappa shape index (κ1) is 12.1. The van der Waals surface area contributed by atoms with Crippen molar-refractivity contribution in [2.75, 3.05) is 19.8 Å². The smallest absolute Gasteiger partial charge is 0.0995 e. The maximum Gasteiger partial charge on any atom is 0.0995 e. The lowest BCUT2D eigenvalue weighted by Crippen LogP contribution is -2.18. The van der Waals surface area contributed by atoms with Gasteiger partial charge in [0.05, 0.1) is 11.6 Å². The van der Waals surface area contributed by atoms with E-state index in [0.717, 1.165) is 43.9 Å². The minimum absolute atomic E-state index is 0.716. The van der Waals surface area contributed by atoms with Crippen molar-refractivity contribution in [2.45, 2.75) is 19.4 Å². The van der Waals surface area contributed by atoms with Crippen LogP contribution in [0.1, 0.15) is 24.0 Å². The van der Waals surface area contributed by atoms with Crippen LogP contribution in [0, 0.1) is 17.2 Å². The van der Waals surface area contributed by atoms with E-state index in [9.17, 15) is 0 Å². The highest BCUT2D eigenvalue weighted by Crippen LogP contribution is 2.15. The van der Waals surface area contributed by atoms with Crippen molar-refractivity contribution < 1.29 is 4.74 Å². The summed E-state index contributed by atoms with van der Waals surface area (Å²) in [7, 11) is 0. The molecule has 1 aromatic carbocycles. The molecule has 1 aliphatic heterocycles. The van der Waals surface area contributed by atoms with Crippen molar-refractivity contribution in [3.05, 3.63) is 35.4 Å². The maximum atomic E-state index is 8.95. The molecule has 3 nitrogen and oxygen atoms in total. The van der Waals surface area contributed by atoms with E-state index in [0.29, 0.717) is 5.92 Å². The van der Waals surface area contributed by atoms with E-state index in [1.54, 1.807) is 0 Å². The van der Waals surface area contributed by atoms with E-state index in [-0.39, 0.29) is 0 Å². The molecule has 1 fully saturated rings. The van der Waals surface area contributed by atoms with Crippen LogP contribution < -0.4 is 5.32 Å². The van der Waals surface area contributed by atoms with Crippen LogP contribution in [-0.2, 0) is 11.3 Å². The van der Waals surface area contributed by atoms with E-state index in [1.807, 2.05) is 24.3 Å². The zero-order valence-electron chi connectivity index (χ0n) is 9.98. The van der Waals surface area contributed by atoms with Gasteiger partial charge in [0.2, 0.25) is 0 Å². The number of nitrogens with zero attached hydrogens (tertiary/aromatic N) is 1. The first-order chi connectivity index (χ1) is 8.40. The Kier molecular flexibility index (Phi) is 4.54. The summed E-state index contributed by atoms with van der Waals surface area (Å²) in [5.41, 5.74) is 1.85. The second kappa shape index (κ2) is 6.39. The number of benzene rings is 1. The summed E-state index contributed by atoms with van der Waals surface area (Å²) in [5.74, 6) is 0.716. The third-order valence-electron chi connectivity index (χ3n) is 3.21. The molecule has 1 aliphatic rings. The minimum atomic E-state index is 0.716. The summed E-state index contributed by atoms with van der Waals surface area (Å²) in [6.45, 7) is 3.60. The van der Waals surface area contributed by atoms with Crippen molar-refractivity contribution in [3.8, 4) is 6.07 Å². The molecule has 90 valence electrons. The van der Waals surface area contributed by atoms with Crippen LogP contribution in [0.5, 0.6) is 0 Å². The number of hydrogen-bond acceptors (Lipinski definition) is 3. The zero-order valence-corrected chi connectivity index (χ0v) is 9.98. The largest absolute Gasteiger partial charge is 0.381 e. The van der Waals surface area contributed by atoms with Gasteiger partial charge in [0, 0.05) is 19.8 Å². The fraction of sp³-hybridized carbons (Fsp3) is 0.500. The molecule has 0 aliphatic carbocycles. The summed E-state index contributed by atoms with van der Waals surface area (Å²) in [6.07, 6.45) is 2.35. The van der Waals surface area contributed by atoms with Gasteiger partial charge in [-0.1, -0.05) is 18.2 Å². The van der Waals surface area contributed by atoms with Crippen molar-refractivity contribution in [3.63, 3.8) is 0 Å². The molecule has 0 bridgehead atoms. The quantitative estimate of drug-likeness (QED) is 0.788. The van der Waals surface area contributed by atoms with Crippen LogP contribution in [0.4, 0.5) is 0 Å². The van der Waals surface area contributed by atoms with Gasteiger partial charge < -0.3 is 10.1 Å². The lowest BCUT2D eigenvalue weighted by Gasteiger charge is -2.09. The van der Waals surface area contributed by atoms with Crippen LogP contribution in [0.15, 0.2) is 24.3 Å². The van der Waals surface area contributed by atoms with E-state index >= 15 is 0 Å². The van der Waals surface area contributed by atoms with Gasteiger partial charge >= 0.3 is 0 Å². The van der Waals surface area contributed by atoms with E-state index in [1.165, 1.54) is 6.42 Å². The average molecular weight is 230 g/mol. The van der Waals surface area contributed by atoms with Crippen LogP contribution in [0.25, 0.3) is 0 Å². The van der Waals surface area contributed by atoms with Crippen LogP contribution in [0.2, 0.25) is 0 Å². The monoisotopic (exact) mass is 230 g/mol. The molecule has 2 rings (SSSR count). The average Bonchev–Trinajstić information content (AvgIpc) is 2.88. The molecule has 1 unspecified atom stereocenters. The van der Waals surface area contributed by atoms with E-state index < -0.39 is 0 Å². The molecule has 3 heteroatoms. The van der Waals surface area contributed by atoms with Gasteiger partial charge in [-0.05, 0) is 36.9 Å². The van der Waals surface area contributed by atoms with Crippen LogP contribution in [-0.4, -0.2) is 19.8 Å². The molecule has 1 saturated heterocycles. The summed E-state index contributed by atoms with van der Waals surface area (Å²) in [6, 6.07) is 9.96. The fourth-order valence-corrected chi connectivity index (χ4v) is 2.12. The molecule has 0 radical (unpaired) electrons. The Labute approximate surface area is 102 Å². The summed E-state index contributed by atoms with van der Waals surface area (Å²) in [5, 5.41) is 12.3. The highest BCUT2D eigenvalue weighted by Gasteiger charge is 2.14. The summed E-state index contributed by atoms with van der Waals surface area (Å²) < 4.78 is 5.34. The molecular formula is C14H18N2O. The van der Waals surface area contributed by atoms with Crippen molar-refractivity contribution >= 4 is 0 Å². The Hall–Kier alpha value is -1.37. The Morgan fingerprint density at radius 3 is 3.06 bits per heavy atom. The third kappa shape index (κ3) is 3.55. The Balaban J connectivity index is 1.72. The molecule has 0 spiro atoms. The van der Waals surface area contributed by atoms with Crippen molar-refractivity contribution in [1.82, 2.24) is 5.32 Å². The van der Waals surface area contributed by atoms with Gasteiger partial charge in [-0.3, -0.25) is 0 Å². The SMILES string of the molecule is N#Cc1ccccc1CNCCC1CCOC1. The highest BCUT2D eigenvalue weighted by atomic mass is 16.5. The van der Waals surface area contributed by atoms with Gasteiger partial charge in [-0.2, -0.15) is 5.26 Å². The lowest BCUT2D eigenvalue weighted by molar-refractivity contribution is 0.184. The Morgan fingerprint density at radius 1 is 1.41 bits per heavy atom. The van der Waals surface area contributed by atoms with Gasteiger partial charge in [-0.25, -0.2) is 0 Å². The molecule has 17 heavy (non-hydrogen) atoms. The molecule has 1 aromatic rings. The van der Waals surface area contributed by atoms with Crippen LogP contribution >= 0.6 is 0 Å². The van der Waals surface area contributed by atoms with E-state index in [4.69, 9.17) is 10.00 Å². The lowest BCUT2D eigenvalue weighted by atomic mass is 10.1.